The first-order valence-corrected chi connectivity index (χ1v) is 15.0. The SMILES string of the molecule is Cc1nc(Nc2ccc(CN3CCN(C)CC3)c(C(F)(F)F)c2)cc(Nc2ncc(C(=O)Nc3c(Cl)cccc3C(F)(F)F)s2)n1. The number of hydrogen-bond donors (Lipinski definition) is 3. The summed E-state index contributed by atoms with van der Waals surface area (Å²) in [4.78, 5) is 29.5. The smallest absolute Gasteiger partial charge is 0.340 e. The van der Waals surface area contributed by atoms with Gasteiger partial charge in [-0.1, -0.05) is 35.1 Å². The highest BCUT2D eigenvalue weighted by Crippen LogP contribution is 2.39. The van der Waals surface area contributed by atoms with Gasteiger partial charge in [0, 0.05) is 44.5 Å². The number of alkyl halides is 6. The van der Waals surface area contributed by atoms with Crippen molar-refractivity contribution < 1.29 is 31.1 Å². The lowest BCUT2D eigenvalue weighted by Crippen LogP contribution is -2.44. The maximum atomic E-state index is 14.0. The highest BCUT2D eigenvalue weighted by atomic mass is 35.5. The molecule has 2 aromatic heterocycles. The highest BCUT2D eigenvalue weighted by Gasteiger charge is 2.36. The Labute approximate surface area is 268 Å². The molecule has 3 N–H and O–H groups in total. The van der Waals surface area contributed by atoms with Crippen LogP contribution in [0.3, 0.4) is 0 Å². The van der Waals surface area contributed by atoms with Crippen LogP contribution in [-0.2, 0) is 18.9 Å². The molecule has 244 valence electrons. The van der Waals surface area contributed by atoms with Gasteiger partial charge in [0.1, 0.15) is 22.3 Å². The van der Waals surface area contributed by atoms with Crippen molar-refractivity contribution >= 4 is 57.0 Å². The van der Waals surface area contributed by atoms with E-state index in [9.17, 15) is 31.1 Å². The lowest BCUT2D eigenvalue weighted by molar-refractivity contribution is -0.138. The summed E-state index contributed by atoms with van der Waals surface area (Å²) < 4.78 is 82.4. The van der Waals surface area contributed by atoms with E-state index in [1.54, 1.807) is 13.0 Å². The number of halogens is 7. The highest BCUT2D eigenvalue weighted by molar-refractivity contribution is 7.17. The van der Waals surface area contributed by atoms with Crippen molar-refractivity contribution in [3.05, 3.63) is 81.1 Å². The predicted molar refractivity (Wildman–Crippen MR) is 164 cm³/mol. The molecule has 1 saturated heterocycles. The molecule has 1 fully saturated rings. The summed E-state index contributed by atoms with van der Waals surface area (Å²) >= 11 is 6.77. The third kappa shape index (κ3) is 8.23. The molecule has 9 nitrogen and oxygen atoms in total. The van der Waals surface area contributed by atoms with Gasteiger partial charge < -0.3 is 20.9 Å². The van der Waals surface area contributed by atoms with Crippen LogP contribution in [0.5, 0.6) is 0 Å². The van der Waals surface area contributed by atoms with Gasteiger partial charge in [0.2, 0.25) is 0 Å². The molecule has 0 bridgehead atoms. The number of benzene rings is 2. The fourth-order valence-corrected chi connectivity index (χ4v) is 5.70. The number of amides is 1. The van der Waals surface area contributed by atoms with E-state index in [1.807, 2.05) is 11.9 Å². The van der Waals surface area contributed by atoms with E-state index >= 15 is 0 Å². The first-order valence-electron chi connectivity index (χ1n) is 13.8. The number of hydrogen-bond acceptors (Lipinski definition) is 9. The van der Waals surface area contributed by atoms with Crippen molar-refractivity contribution in [3.8, 4) is 0 Å². The van der Waals surface area contributed by atoms with Gasteiger partial charge in [0.15, 0.2) is 5.13 Å². The zero-order valence-electron chi connectivity index (χ0n) is 24.4. The van der Waals surface area contributed by atoms with Gasteiger partial charge in [0.25, 0.3) is 5.91 Å². The number of carbonyl (C=O) groups excluding carboxylic acids is 1. The second-order valence-electron chi connectivity index (χ2n) is 10.5. The number of aromatic nitrogens is 3. The summed E-state index contributed by atoms with van der Waals surface area (Å²) in [5, 5.41) is 7.88. The van der Waals surface area contributed by atoms with E-state index < -0.39 is 35.1 Å². The van der Waals surface area contributed by atoms with Crippen LogP contribution in [0, 0.1) is 6.92 Å². The first kappa shape index (κ1) is 33.4. The fourth-order valence-electron chi connectivity index (χ4n) is 4.76. The van der Waals surface area contributed by atoms with Crippen molar-refractivity contribution in [2.75, 3.05) is 49.2 Å². The lowest BCUT2D eigenvalue weighted by atomic mass is 10.0. The fraction of sp³-hybridized carbons (Fsp3) is 0.310. The van der Waals surface area contributed by atoms with Gasteiger partial charge in [-0.25, -0.2) is 15.0 Å². The van der Waals surface area contributed by atoms with Crippen molar-refractivity contribution in [2.45, 2.75) is 25.8 Å². The first-order chi connectivity index (χ1) is 21.7. The van der Waals surface area contributed by atoms with E-state index in [0.29, 0.717) is 13.1 Å². The Bertz CT molecular complexity index is 1720. The average Bonchev–Trinajstić information content (AvgIpc) is 3.43. The van der Waals surface area contributed by atoms with Crippen LogP contribution in [0.4, 0.5) is 54.5 Å². The van der Waals surface area contributed by atoms with Crippen molar-refractivity contribution in [3.63, 3.8) is 0 Å². The monoisotopic (exact) mass is 684 g/mol. The van der Waals surface area contributed by atoms with E-state index in [1.165, 1.54) is 24.4 Å². The number of aryl methyl sites for hydroxylation is 1. The normalized spacial score (nSPS) is 14.7. The minimum absolute atomic E-state index is 0.0176. The number of para-hydroxylation sites is 1. The molecule has 0 saturated carbocycles. The number of nitrogens with zero attached hydrogens (tertiary/aromatic N) is 5. The zero-order valence-corrected chi connectivity index (χ0v) is 25.9. The van der Waals surface area contributed by atoms with E-state index in [2.05, 4.69) is 35.8 Å². The quantitative estimate of drug-likeness (QED) is 0.165. The van der Waals surface area contributed by atoms with Crippen LogP contribution in [0.1, 0.15) is 32.2 Å². The summed E-state index contributed by atoms with van der Waals surface area (Å²) in [7, 11) is 1.98. The van der Waals surface area contributed by atoms with E-state index in [0.717, 1.165) is 42.6 Å². The molecule has 1 aliphatic rings. The minimum atomic E-state index is -4.74. The van der Waals surface area contributed by atoms with Crippen LogP contribution in [0.25, 0.3) is 0 Å². The number of thiazole rings is 1. The second-order valence-corrected chi connectivity index (χ2v) is 12.0. The second kappa shape index (κ2) is 13.4. The molecule has 0 unspecified atom stereocenters. The van der Waals surface area contributed by atoms with Gasteiger partial charge >= 0.3 is 12.4 Å². The van der Waals surface area contributed by atoms with Crippen LogP contribution in [0.2, 0.25) is 5.02 Å². The molecule has 4 aromatic rings. The summed E-state index contributed by atoms with van der Waals surface area (Å²) in [6.45, 7) is 4.68. The Kier molecular flexibility index (Phi) is 9.72. The van der Waals surface area contributed by atoms with Crippen LogP contribution in [-0.4, -0.2) is 63.9 Å². The maximum Gasteiger partial charge on any atom is 0.418 e. The molecule has 0 radical (unpaired) electrons. The third-order valence-corrected chi connectivity index (χ3v) is 8.26. The van der Waals surface area contributed by atoms with E-state index in [-0.39, 0.29) is 50.3 Å². The molecule has 0 spiro atoms. The molecule has 0 aliphatic carbocycles. The molecule has 17 heteroatoms. The van der Waals surface area contributed by atoms with Gasteiger partial charge in [-0.2, -0.15) is 26.3 Å². The summed E-state index contributed by atoms with van der Waals surface area (Å²) in [6, 6.07) is 8.66. The molecule has 2 aromatic carbocycles. The lowest BCUT2D eigenvalue weighted by Gasteiger charge is -2.33. The number of anilines is 5. The Morgan fingerprint density at radius 3 is 2.28 bits per heavy atom. The number of piperazine rings is 1. The number of rotatable bonds is 8. The van der Waals surface area contributed by atoms with Gasteiger partial charge in [-0.3, -0.25) is 9.69 Å². The molecule has 5 rings (SSSR count). The zero-order chi connectivity index (χ0) is 33.2. The van der Waals surface area contributed by atoms with Gasteiger partial charge in [-0.05, 0) is 43.8 Å². The van der Waals surface area contributed by atoms with Crippen LogP contribution >= 0.6 is 22.9 Å². The Morgan fingerprint density at radius 1 is 0.935 bits per heavy atom. The molecular formula is C29H27ClF6N8OS. The molecule has 3 heterocycles. The Morgan fingerprint density at radius 2 is 1.61 bits per heavy atom. The van der Waals surface area contributed by atoms with Crippen molar-refractivity contribution in [1.82, 2.24) is 24.8 Å². The minimum Gasteiger partial charge on any atom is -0.340 e. The number of nitrogens with one attached hydrogen (secondary N) is 3. The summed E-state index contributed by atoms with van der Waals surface area (Å²) in [5.41, 5.74) is -2.07. The maximum absolute atomic E-state index is 14.0. The molecule has 0 atom stereocenters. The van der Waals surface area contributed by atoms with Crippen LogP contribution < -0.4 is 16.0 Å². The summed E-state index contributed by atoms with van der Waals surface area (Å²) in [6.07, 6.45) is -8.14. The van der Waals surface area contributed by atoms with Crippen molar-refractivity contribution in [1.29, 1.82) is 0 Å². The van der Waals surface area contributed by atoms with E-state index in [4.69, 9.17) is 11.6 Å². The predicted octanol–water partition coefficient (Wildman–Crippen LogP) is 7.42. The van der Waals surface area contributed by atoms with Crippen LogP contribution in [0.15, 0.2) is 48.7 Å². The average molecular weight is 685 g/mol. The number of likely N-dealkylation sites (N-methyl/N-ethyl adjacent to an activating group) is 1. The van der Waals surface area contributed by atoms with Crippen molar-refractivity contribution in [2.24, 2.45) is 0 Å². The third-order valence-electron chi connectivity index (χ3n) is 7.04. The Balaban J connectivity index is 1.30. The molecule has 1 amide bonds. The Hall–Kier alpha value is -3.99. The topological polar surface area (TPSA) is 98.3 Å². The molecule has 1 aliphatic heterocycles. The standard InChI is InChI=1S/C29H27ClF6N8OS/c1-16-38-23(40-18-7-6-17(20(12-18)29(34,35)36)15-44-10-8-43(2)9-11-44)13-24(39-16)41-27-37-14-22(46-27)26(45)42-25-19(28(31,32)33)4-3-5-21(25)30/h3-7,12-14H,8-11,15H2,1-2H3,(H,42,45)(H2,37,38,39,40,41). The largest absolute Gasteiger partial charge is 0.418 e. The number of carbonyl (C=O) groups is 1. The van der Waals surface area contributed by atoms with Gasteiger partial charge in [-0.15, -0.1) is 0 Å². The molecule has 46 heavy (non-hydrogen) atoms. The molecular weight excluding hydrogens is 658 g/mol. The van der Waals surface area contributed by atoms with Gasteiger partial charge in [0.05, 0.1) is 28.0 Å². The summed E-state index contributed by atoms with van der Waals surface area (Å²) in [5.74, 6) is -0.169.